The summed E-state index contributed by atoms with van der Waals surface area (Å²) in [6, 6.07) is 6.97. The number of hydrogen-bond acceptors (Lipinski definition) is 4. The number of likely N-dealkylation sites (tertiary alicyclic amines) is 2. The zero-order chi connectivity index (χ0) is 16.4. The Labute approximate surface area is 140 Å². The summed E-state index contributed by atoms with van der Waals surface area (Å²) in [5, 5.41) is 0. The van der Waals surface area contributed by atoms with Crippen LogP contribution >= 0.6 is 0 Å². The number of fused-ring (bicyclic) bond motifs is 2. The Morgan fingerprint density at radius 2 is 1.65 bits per heavy atom. The quantitative estimate of drug-likeness (QED) is 0.833. The molecule has 1 aromatic rings. The highest BCUT2D eigenvalue weighted by Gasteiger charge is 2.34. The van der Waals surface area contributed by atoms with Crippen LogP contribution in [0, 0.1) is 11.8 Å². The van der Waals surface area contributed by atoms with Crippen molar-refractivity contribution < 1.29 is 9.47 Å². The van der Waals surface area contributed by atoms with Crippen molar-refractivity contribution in [2.45, 2.75) is 32.9 Å². The van der Waals surface area contributed by atoms with Crippen LogP contribution in [0.3, 0.4) is 0 Å². The van der Waals surface area contributed by atoms with Crippen molar-refractivity contribution in [1.29, 1.82) is 0 Å². The van der Waals surface area contributed by atoms with Gasteiger partial charge in [0, 0.05) is 38.8 Å². The molecule has 0 spiro atoms. The lowest BCUT2D eigenvalue weighted by atomic mass is 9.84. The molecule has 2 fully saturated rings. The minimum absolute atomic E-state index is 0.678. The molecule has 1 aromatic carbocycles. The first-order chi connectivity index (χ1) is 11.1. The van der Waals surface area contributed by atoms with Crippen LogP contribution in [-0.4, -0.2) is 56.2 Å². The molecule has 0 saturated carbocycles. The Hall–Kier alpha value is -1.26. The van der Waals surface area contributed by atoms with Crippen molar-refractivity contribution in [3.05, 3.63) is 23.8 Å². The predicted octanol–water partition coefficient (Wildman–Crippen LogP) is 2.87. The molecule has 2 atom stereocenters. The summed E-state index contributed by atoms with van der Waals surface area (Å²) in [5.74, 6) is 3.28. The fourth-order valence-electron chi connectivity index (χ4n) is 4.22. The summed E-state index contributed by atoms with van der Waals surface area (Å²) >= 11 is 0. The van der Waals surface area contributed by atoms with Gasteiger partial charge < -0.3 is 14.4 Å². The number of methoxy groups -OCH3 is 2. The zero-order valence-corrected chi connectivity index (χ0v) is 14.9. The van der Waals surface area contributed by atoms with Crippen molar-refractivity contribution in [1.82, 2.24) is 9.80 Å². The average molecular weight is 318 g/mol. The van der Waals surface area contributed by atoms with Gasteiger partial charge in [-0.2, -0.15) is 0 Å². The first kappa shape index (κ1) is 16.6. The van der Waals surface area contributed by atoms with E-state index in [1.165, 1.54) is 38.2 Å². The molecule has 23 heavy (non-hydrogen) atoms. The number of nitrogens with zero attached hydrogens (tertiary/aromatic N) is 2. The smallest absolute Gasteiger partial charge is 0.161 e. The number of rotatable bonds is 5. The summed E-state index contributed by atoms with van der Waals surface area (Å²) in [7, 11) is 3.39. The molecule has 2 heterocycles. The van der Waals surface area contributed by atoms with Gasteiger partial charge in [-0.25, -0.2) is 0 Å². The van der Waals surface area contributed by atoms with Gasteiger partial charge in [-0.3, -0.25) is 4.90 Å². The standard InChI is InChI=1S/C19H30N2O2/c1-14(2)21-12-16-7-17(13-21)11-20(10-16)9-15-5-6-18(22-3)19(8-15)23-4/h5-6,8,14,16-17H,7,9-13H2,1-4H3/t16-,17+. The molecule has 4 nitrogen and oxygen atoms in total. The Morgan fingerprint density at radius 1 is 1.00 bits per heavy atom. The molecule has 0 unspecified atom stereocenters. The topological polar surface area (TPSA) is 24.9 Å². The Balaban J connectivity index is 1.64. The third-order valence-electron chi connectivity index (χ3n) is 5.27. The third-order valence-corrected chi connectivity index (χ3v) is 5.27. The molecular weight excluding hydrogens is 288 g/mol. The summed E-state index contributed by atoms with van der Waals surface area (Å²) < 4.78 is 10.8. The van der Waals surface area contributed by atoms with E-state index in [2.05, 4.69) is 35.8 Å². The van der Waals surface area contributed by atoms with Crippen LogP contribution in [0.15, 0.2) is 18.2 Å². The van der Waals surface area contributed by atoms with Crippen molar-refractivity contribution in [3.8, 4) is 11.5 Å². The second-order valence-electron chi connectivity index (χ2n) is 7.40. The van der Waals surface area contributed by atoms with Gasteiger partial charge in [0.25, 0.3) is 0 Å². The van der Waals surface area contributed by atoms with E-state index in [4.69, 9.17) is 9.47 Å². The molecule has 2 bridgehead atoms. The van der Waals surface area contributed by atoms with Gasteiger partial charge in [-0.05, 0) is 49.8 Å². The molecule has 0 amide bonds. The Bertz CT molecular complexity index is 518. The second-order valence-corrected chi connectivity index (χ2v) is 7.40. The zero-order valence-electron chi connectivity index (χ0n) is 14.9. The average Bonchev–Trinajstić information content (AvgIpc) is 2.53. The van der Waals surface area contributed by atoms with Crippen LogP contribution in [0.25, 0.3) is 0 Å². The first-order valence-corrected chi connectivity index (χ1v) is 8.76. The fourth-order valence-corrected chi connectivity index (χ4v) is 4.22. The van der Waals surface area contributed by atoms with Gasteiger partial charge in [0.05, 0.1) is 14.2 Å². The molecule has 0 N–H and O–H groups in total. The largest absolute Gasteiger partial charge is 0.493 e. The van der Waals surface area contributed by atoms with E-state index in [0.29, 0.717) is 6.04 Å². The molecule has 2 aliphatic rings. The summed E-state index contributed by atoms with van der Waals surface area (Å²) in [4.78, 5) is 5.28. The van der Waals surface area contributed by atoms with E-state index in [9.17, 15) is 0 Å². The maximum atomic E-state index is 5.43. The van der Waals surface area contributed by atoms with E-state index in [1.54, 1.807) is 14.2 Å². The molecule has 3 rings (SSSR count). The van der Waals surface area contributed by atoms with Crippen LogP contribution in [0.2, 0.25) is 0 Å². The van der Waals surface area contributed by atoms with E-state index >= 15 is 0 Å². The van der Waals surface area contributed by atoms with Crippen LogP contribution in [0.5, 0.6) is 11.5 Å². The highest BCUT2D eigenvalue weighted by molar-refractivity contribution is 5.42. The van der Waals surface area contributed by atoms with Gasteiger partial charge in [-0.15, -0.1) is 0 Å². The Morgan fingerprint density at radius 3 is 2.22 bits per heavy atom. The molecular formula is C19H30N2O2. The lowest BCUT2D eigenvalue weighted by molar-refractivity contribution is 0.0144. The van der Waals surface area contributed by atoms with Crippen LogP contribution < -0.4 is 9.47 Å². The molecule has 0 aliphatic carbocycles. The molecule has 2 aliphatic heterocycles. The maximum Gasteiger partial charge on any atom is 0.161 e. The monoisotopic (exact) mass is 318 g/mol. The van der Waals surface area contributed by atoms with Crippen LogP contribution in [0.4, 0.5) is 0 Å². The molecule has 4 heteroatoms. The summed E-state index contributed by atoms with van der Waals surface area (Å²) in [6.45, 7) is 10.6. The molecule has 2 saturated heterocycles. The van der Waals surface area contributed by atoms with Gasteiger partial charge >= 0.3 is 0 Å². The summed E-state index contributed by atoms with van der Waals surface area (Å²) in [6.07, 6.45) is 1.41. The van der Waals surface area contributed by atoms with E-state index in [0.717, 1.165) is 29.9 Å². The van der Waals surface area contributed by atoms with Gasteiger partial charge in [0.2, 0.25) is 0 Å². The van der Waals surface area contributed by atoms with Crippen molar-refractivity contribution in [2.75, 3.05) is 40.4 Å². The van der Waals surface area contributed by atoms with E-state index in [-0.39, 0.29) is 0 Å². The SMILES string of the molecule is COc1ccc(CN2C[C@H]3C[C@@H](C2)CN(C(C)C)C3)cc1OC. The van der Waals surface area contributed by atoms with Crippen molar-refractivity contribution in [3.63, 3.8) is 0 Å². The number of ether oxygens (including phenoxy) is 2. The Kier molecular flexibility index (Phi) is 5.12. The first-order valence-electron chi connectivity index (χ1n) is 8.76. The molecule has 128 valence electrons. The van der Waals surface area contributed by atoms with Gasteiger partial charge in [-0.1, -0.05) is 6.07 Å². The van der Waals surface area contributed by atoms with Gasteiger partial charge in [0.1, 0.15) is 0 Å². The lowest BCUT2D eigenvalue weighted by Crippen LogP contribution is -2.53. The van der Waals surface area contributed by atoms with Crippen LogP contribution in [-0.2, 0) is 6.54 Å². The minimum atomic E-state index is 0.678. The molecule has 0 radical (unpaired) electrons. The van der Waals surface area contributed by atoms with Crippen molar-refractivity contribution in [2.24, 2.45) is 11.8 Å². The van der Waals surface area contributed by atoms with Crippen molar-refractivity contribution >= 4 is 0 Å². The minimum Gasteiger partial charge on any atom is -0.493 e. The van der Waals surface area contributed by atoms with E-state index in [1.807, 2.05) is 6.07 Å². The van der Waals surface area contributed by atoms with Gasteiger partial charge in [0.15, 0.2) is 11.5 Å². The number of hydrogen-bond donors (Lipinski definition) is 0. The highest BCUT2D eigenvalue weighted by atomic mass is 16.5. The van der Waals surface area contributed by atoms with Crippen LogP contribution in [0.1, 0.15) is 25.8 Å². The number of benzene rings is 1. The summed E-state index contributed by atoms with van der Waals surface area (Å²) in [5.41, 5.74) is 1.31. The highest BCUT2D eigenvalue weighted by Crippen LogP contribution is 2.32. The second kappa shape index (κ2) is 7.10. The lowest BCUT2D eigenvalue weighted by Gasteiger charge is -2.47. The predicted molar refractivity (Wildman–Crippen MR) is 93.1 cm³/mol. The van der Waals surface area contributed by atoms with E-state index < -0.39 is 0 Å². The molecule has 0 aromatic heterocycles. The fraction of sp³-hybridized carbons (Fsp3) is 0.684. The normalized spacial score (nSPS) is 25.6. The maximum absolute atomic E-state index is 5.43. The third kappa shape index (κ3) is 3.81. The number of piperidine rings is 2.